The Morgan fingerprint density at radius 1 is 1.15 bits per heavy atom. The van der Waals surface area contributed by atoms with Crippen molar-refractivity contribution in [2.75, 3.05) is 6.54 Å². The van der Waals surface area contributed by atoms with Crippen molar-refractivity contribution in [1.82, 2.24) is 14.8 Å². The summed E-state index contributed by atoms with van der Waals surface area (Å²) in [7, 11) is 0. The van der Waals surface area contributed by atoms with E-state index in [0.717, 1.165) is 35.0 Å². The predicted molar refractivity (Wildman–Crippen MR) is 99.1 cm³/mol. The molecular formula is C20H25N3O3. The molecule has 0 saturated heterocycles. The second-order valence-electron chi connectivity index (χ2n) is 7.38. The molecule has 1 aromatic heterocycles. The fourth-order valence-electron chi connectivity index (χ4n) is 4.40. The number of benzene rings is 1. The Kier molecular flexibility index (Phi) is 4.57. The average Bonchev–Trinajstić information content (AvgIpc) is 2.96. The van der Waals surface area contributed by atoms with Gasteiger partial charge >= 0.3 is 12.0 Å². The monoisotopic (exact) mass is 355 g/mol. The number of carbonyl (C=O) groups excluding carboxylic acids is 1. The SMILES string of the molecule is O=C(O)Cn1c2c(c3ccccc31)CN(C(=O)NC1CCCCC1)CC2. The van der Waals surface area contributed by atoms with Crippen LogP contribution in [0.4, 0.5) is 4.79 Å². The van der Waals surface area contributed by atoms with Gasteiger partial charge in [-0.15, -0.1) is 0 Å². The van der Waals surface area contributed by atoms with Gasteiger partial charge in [0.25, 0.3) is 0 Å². The quantitative estimate of drug-likeness (QED) is 0.888. The maximum Gasteiger partial charge on any atom is 0.323 e. The van der Waals surface area contributed by atoms with Gasteiger partial charge in [0.05, 0.1) is 0 Å². The summed E-state index contributed by atoms with van der Waals surface area (Å²) in [6.45, 7) is 1.13. The zero-order valence-corrected chi connectivity index (χ0v) is 14.9. The first-order valence-electron chi connectivity index (χ1n) is 9.49. The van der Waals surface area contributed by atoms with Crippen molar-refractivity contribution < 1.29 is 14.7 Å². The lowest BCUT2D eigenvalue weighted by molar-refractivity contribution is -0.137. The minimum Gasteiger partial charge on any atom is -0.480 e. The Balaban J connectivity index is 1.58. The van der Waals surface area contributed by atoms with Gasteiger partial charge < -0.3 is 19.9 Å². The van der Waals surface area contributed by atoms with Crippen molar-refractivity contribution >= 4 is 22.9 Å². The summed E-state index contributed by atoms with van der Waals surface area (Å²) in [4.78, 5) is 25.9. The molecule has 2 amide bonds. The molecule has 2 N–H and O–H groups in total. The fourth-order valence-corrected chi connectivity index (χ4v) is 4.40. The van der Waals surface area contributed by atoms with Gasteiger partial charge in [0.15, 0.2) is 0 Å². The largest absolute Gasteiger partial charge is 0.480 e. The molecule has 1 aromatic carbocycles. The van der Waals surface area contributed by atoms with E-state index < -0.39 is 5.97 Å². The van der Waals surface area contributed by atoms with Crippen LogP contribution in [-0.2, 0) is 24.3 Å². The molecule has 4 rings (SSSR count). The highest BCUT2D eigenvalue weighted by atomic mass is 16.4. The van der Waals surface area contributed by atoms with E-state index >= 15 is 0 Å². The van der Waals surface area contributed by atoms with Crippen LogP contribution in [0.15, 0.2) is 24.3 Å². The third-order valence-corrected chi connectivity index (χ3v) is 5.67. The highest BCUT2D eigenvalue weighted by Crippen LogP contribution is 2.31. The second kappa shape index (κ2) is 7.02. The highest BCUT2D eigenvalue weighted by Gasteiger charge is 2.28. The summed E-state index contributed by atoms with van der Waals surface area (Å²) in [5.41, 5.74) is 3.08. The number of aliphatic carboxylic acids is 1. The van der Waals surface area contributed by atoms with Crippen LogP contribution in [0.5, 0.6) is 0 Å². The molecule has 6 nitrogen and oxygen atoms in total. The molecule has 1 fully saturated rings. The number of aromatic nitrogens is 1. The van der Waals surface area contributed by atoms with Crippen molar-refractivity contribution in [2.45, 2.75) is 57.7 Å². The maximum absolute atomic E-state index is 12.7. The van der Waals surface area contributed by atoms with Crippen LogP contribution in [0.25, 0.3) is 10.9 Å². The number of carbonyl (C=O) groups is 2. The summed E-state index contributed by atoms with van der Waals surface area (Å²) in [6.07, 6.45) is 6.49. The average molecular weight is 355 g/mol. The van der Waals surface area contributed by atoms with Gasteiger partial charge in [-0.3, -0.25) is 4.79 Å². The summed E-state index contributed by atoms with van der Waals surface area (Å²) >= 11 is 0. The van der Waals surface area contributed by atoms with Crippen LogP contribution in [0, 0.1) is 0 Å². The number of para-hydroxylation sites is 1. The molecule has 0 bridgehead atoms. The van der Waals surface area contributed by atoms with Gasteiger partial charge in [-0.1, -0.05) is 37.5 Å². The van der Waals surface area contributed by atoms with E-state index in [1.165, 1.54) is 19.3 Å². The van der Waals surface area contributed by atoms with Crippen LogP contribution in [0.1, 0.15) is 43.4 Å². The molecule has 1 saturated carbocycles. The van der Waals surface area contributed by atoms with Crippen molar-refractivity contribution in [3.05, 3.63) is 35.5 Å². The third-order valence-electron chi connectivity index (χ3n) is 5.67. The molecule has 0 radical (unpaired) electrons. The Morgan fingerprint density at radius 2 is 1.92 bits per heavy atom. The first kappa shape index (κ1) is 16.9. The van der Waals surface area contributed by atoms with Gasteiger partial charge in [0.2, 0.25) is 0 Å². The summed E-state index contributed by atoms with van der Waals surface area (Å²) < 4.78 is 1.89. The number of hydrogen-bond donors (Lipinski definition) is 2. The lowest BCUT2D eigenvalue weighted by Crippen LogP contribution is -2.47. The third kappa shape index (κ3) is 3.16. The van der Waals surface area contributed by atoms with Crippen molar-refractivity contribution in [1.29, 1.82) is 0 Å². The van der Waals surface area contributed by atoms with Gasteiger partial charge in [-0.2, -0.15) is 0 Å². The van der Waals surface area contributed by atoms with E-state index in [9.17, 15) is 14.7 Å². The standard InChI is InChI=1S/C20H25N3O3/c24-19(25)13-23-17-9-5-4-8-15(17)16-12-22(11-10-18(16)23)20(26)21-14-6-2-1-3-7-14/h4-5,8-9,14H,1-3,6-7,10-13H2,(H,21,26)(H,24,25). The highest BCUT2D eigenvalue weighted by molar-refractivity contribution is 5.88. The number of carboxylic acids is 1. The van der Waals surface area contributed by atoms with Crippen LogP contribution in [0.3, 0.4) is 0 Å². The molecule has 0 spiro atoms. The molecule has 6 heteroatoms. The van der Waals surface area contributed by atoms with E-state index in [1.807, 2.05) is 33.7 Å². The second-order valence-corrected chi connectivity index (χ2v) is 7.38. The van der Waals surface area contributed by atoms with Crippen molar-refractivity contribution in [3.8, 4) is 0 Å². The molecule has 2 aliphatic rings. The van der Waals surface area contributed by atoms with Crippen LogP contribution < -0.4 is 5.32 Å². The Morgan fingerprint density at radius 3 is 2.69 bits per heavy atom. The van der Waals surface area contributed by atoms with Gasteiger partial charge in [0.1, 0.15) is 6.54 Å². The first-order chi connectivity index (χ1) is 12.6. The molecule has 0 atom stereocenters. The van der Waals surface area contributed by atoms with E-state index in [4.69, 9.17) is 0 Å². The summed E-state index contributed by atoms with van der Waals surface area (Å²) in [5.74, 6) is -0.842. The fraction of sp³-hybridized carbons (Fsp3) is 0.500. The summed E-state index contributed by atoms with van der Waals surface area (Å²) in [5, 5.41) is 13.5. The van der Waals surface area contributed by atoms with Gasteiger partial charge in [-0.05, 0) is 18.9 Å². The smallest absolute Gasteiger partial charge is 0.323 e. The van der Waals surface area contributed by atoms with Crippen LogP contribution in [0.2, 0.25) is 0 Å². The van der Waals surface area contributed by atoms with Crippen LogP contribution in [-0.4, -0.2) is 39.2 Å². The number of carboxylic acid groups (broad SMARTS) is 1. The maximum atomic E-state index is 12.7. The first-order valence-corrected chi connectivity index (χ1v) is 9.49. The molecule has 26 heavy (non-hydrogen) atoms. The summed E-state index contributed by atoms with van der Waals surface area (Å²) in [6, 6.07) is 8.19. The normalized spacial score (nSPS) is 17.9. The number of fused-ring (bicyclic) bond motifs is 3. The minimum atomic E-state index is -0.842. The lowest BCUT2D eigenvalue weighted by atomic mass is 9.95. The van der Waals surface area contributed by atoms with Crippen molar-refractivity contribution in [3.63, 3.8) is 0 Å². The predicted octanol–water partition coefficient (Wildman–Crippen LogP) is 3.13. The van der Waals surface area contributed by atoms with E-state index in [-0.39, 0.29) is 12.6 Å². The zero-order chi connectivity index (χ0) is 18.1. The number of urea groups is 1. The number of nitrogens with zero attached hydrogens (tertiary/aromatic N) is 2. The molecule has 1 aliphatic carbocycles. The van der Waals surface area contributed by atoms with Crippen molar-refractivity contribution in [2.24, 2.45) is 0 Å². The minimum absolute atomic E-state index is 0.0117. The van der Waals surface area contributed by atoms with Gasteiger partial charge in [-0.25, -0.2) is 4.79 Å². The number of hydrogen-bond acceptors (Lipinski definition) is 2. The Labute approximate surface area is 152 Å². The Bertz CT molecular complexity index is 836. The van der Waals surface area contributed by atoms with E-state index in [0.29, 0.717) is 25.6 Å². The zero-order valence-electron chi connectivity index (χ0n) is 14.9. The Hall–Kier alpha value is -2.50. The van der Waals surface area contributed by atoms with E-state index in [1.54, 1.807) is 0 Å². The molecule has 2 heterocycles. The number of rotatable bonds is 3. The van der Waals surface area contributed by atoms with E-state index in [2.05, 4.69) is 5.32 Å². The van der Waals surface area contributed by atoms with Gasteiger partial charge in [0, 0.05) is 47.7 Å². The molecule has 2 aromatic rings. The lowest BCUT2D eigenvalue weighted by Gasteiger charge is -2.31. The molecule has 0 unspecified atom stereocenters. The molecular weight excluding hydrogens is 330 g/mol. The topological polar surface area (TPSA) is 74.6 Å². The number of nitrogens with one attached hydrogen (secondary N) is 1. The molecule has 138 valence electrons. The molecule has 1 aliphatic heterocycles. The number of amides is 2. The van der Waals surface area contributed by atoms with Crippen LogP contribution >= 0.6 is 0 Å².